The number of nitrogens with two attached hydrogens (primary N) is 2. The number of hydrogen-bond donors (Lipinski definition) is 3. The molecule has 0 saturated carbocycles. The zero-order valence-corrected chi connectivity index (χ0v) is 22.5. The lowest BCUT2D eigenvalue weighted by Crippen LogP contribution is -2.27. The lowest BCUT2D eigenvalue weighted by atomic mass is 9.75. The van der Waals surface area contributed by atoms with Crippen LogP contribution >= 0.6 is 0 Å². The van der Waals surface area contributed by atoms with E-state index in [0.29, 0.717) is 12.1 Å². The predicted octanol–water partition coefficient (Wildman–Crippen LogP) is 2.22. The van der Waals surface area contributed by atoms with Gasteiger partial charge in [0.2, 0.25) is 0 Å². The Morgan fingerprint density at radius 2 is 0.833 bits per heavy atom. The van der Waals surface area contributed by atoms with Crippen molar-refractivity contribution in [1.29, 1.82) is 0 Å². The van der Waals surface area contributed by atoms with Crippen LogP contribution in [0.15, 0.2) is 70.5 Å². The van der Waals surface area contributed by atoms with Crippen LogP contribution in [0.25, 0.3) is 11.1 Å². The summed E-state index contributed by atoms with van der Waals surface area (Å²) in [6, 6.07) is 12.3. The normalized spacial score (nSPS) is 14.2. The van der Waals surface area contributed by atoms with E-state index in [4.69, 9.17) is 11.5 Å². The summed E-state index contributed by atoms with van der Waals surface area (Å²) in [6.07, 6.45) is 0. The fourth-order valence-corrected chi connectivity index (χ4v) is 6.71. The van der Waals surface area contributed by atoms with Gasteiger partial charge in [0.15, 0.2) is 23.1 Å². The number of hydrogen-bond acceptors (Lipinski definition) is 11. The Balaban J connectivity index is 1.85. The van der Waals surface area contributed by atoms with Crippen molar-refractivity contribution in [3.05, 3.63) is 105 Å². The summed E-state index contributed by atoms with van der Waals surface area (Å²) in [5.41, 5.74) is 6.36. The van der Waals surface area contributed by atoms with E-state index in [1.54, 1.807) is 0 Å². The molecule has 42 heavy (non-hydrogen) atoms. The maximum absolute atomic E-state index is 13.8. The molecule has 4 aromatic rings. The monoisotopic (exact) mass is 603 g/mol. The number of benzene rings is 4. The number of anilines is 2. The fourth-order valence-electron chi connectivity index (χ4n) is 5.43. The molecule has 2 aliphatic rings. The molecule has 0 amide bonds. The molecule has 6 rings (SSSR count). The quantitative estimate of drug-likeness (QED) is 0.195. The number of carbonyl (C=O) groups excluding carboxylic acids is 4. The maximum Gasteiger partial charge on any atom is 0.296 e. The van der Waals surface area contributed by atoms with Gasteiger partial charge in [0.25, 0.3) is 10.1 Å². The van der Waals surface area contributed by atoms with E-state index in [1.165, 1.54) is 48.5 Å². The first kappa shape index (κ1) is 27.2. The van der Waals surface area contributed by atoms with Gasteiger partial charge in [-0.15, -0.1) is 0 Å². The third-order valence-corrected chi connectivity index (χ3v) is 9.01. The van der Waals surface area contributed by atoms with E-state index < -0.39 is 97.9 Å². The maximum atomic E-state index is 13.8. The average Bonchev–Trinajstić information content (AvgIpc) is 2.93. The minimum atomic E-state index is -5.44. The van der Waals surface area contributed by atoms with E-state index in [0.717, 1.165) is 0 Å². The number of carbonyl (C=O) groups is 4. The first-order valence-corrected chi connectivity index (χ1v) is 14.7. The molecule has 0 atom stereocenters. The molecule has 2 aliphatic carbocycles. The smallest absolute Gasteiger partial charge is 0.296 e. The molecule has 210 valence electrons. The topological polar surface area (TPSA) is 232 Å². The minimum Gasteiger partial charge on any atom is -0.744 e. The standard InChI is InChI=1S/C28H16N2O10S2/c29-23-17(41(35,36)37)9-15(19-21(23)27(33)13-7-3-1-5-11(13)25(19)31)16-10-18(42(38,39)40)24(30)22-20(16)26(32)12-6-2-4-8-14(12)28(22)34/h1-10H,29-30H2,(H,35,36,37)(H,38,39,40)/p-1. The van der Waals surface area contributed by atoms with Gasteiger partial charge in [-0.05, 0) is 23.3 Å². The molecule has 0 unspecified atom stereocenters. The molecule has 0 fully saturated rings. The van der Waals surface area contributed by atoms with Gasteiger partial charge in [0.05, 0.1) is 27.4 Å². The molecule has 0 heterocycles. The lowest BCUT2D eigenvalue weighted by Gasteiger charge is -2.27. The van der Waals surface area contributed by atoms with E-state index in [9.17, 15) is 45.1 Å². The molecule has 4 aromatic carbocycles. The van der Waals surface area contributed by atoms with Gasteiger partial charge in [-0.3, -0.25) is 23.7 Å². The second kappa shape index (κ2) is 8.74. The van der Waals surface area contributed by atoms with Crippen molar-refractivity contribution >= 4 is 54.7 Å². The summed E-state index contributed by atoms with van der Waals surface area (Å²) < 4.78 is 71.7. The summed E-state index contributed by atoms with van der Waals surface area (Å²) >= 11 is 0. The van der Waals surface area contributed by atoms with Gasteiger partial charge >= 0.3 is 0 Å². The third-order valence-electron chi connectivity index (χ3n) is 7.24. The van der Waals surface area contributed by atoms with Crippen LogP contribution in [0.5, 0.6) is 0 Å². The highest BCUT2D eigenvalue weighted by Crippen LogP contribution is 2.46. The molecule has 12 nitrogen and oxygen atoms in total. The van der Waals surface area contributed by atoms with E-state index in [2.05, 4.69) is 0 Å². The average molecular weight is 604 g/mol. The molecule has 0 saturated heterocycles. The van der Waals surface area contributed by atoms with Crippen LogP contribution < -0.4 is 11.5 Å². The Morgan fingerprint density at radius 3 is 1.17 bits per heavy atom. The Hall–Kier alpha value is -5.02. The van der Waals surface area contributed by atoms with Gasteiger partial charge in [-0.1, -0.05) is 48.5 Å². The van der Waals surface area contributed by atoms with E-state index in [1.807, 2.05) is 0 Å². The number of ketones is 4. The van der Waals surface area contributed by atoms with Crippen LogP contribution in [0.4, 0.5) is 11.4 Å². The van der Waals surface area contributed by atoms with Crippen molar-refractivity contribution in [3.8, 4) is 11.1 Å². The van der Waals surface area contributed by atoms with Crippen LogP contribution in [0.1, 0.15) is 63.7 Å². The highest BCUT2D eigenvalue weighted by molar-refractivity contribution is 7.86. The molecule has 0 bridgehead atoms. The summed E-state index contributed by atoms with van der Waals surface area (Å²) in [7, 11) is -10.6. The van der Waals surface area contributed by atoms with Crippen LogP contribution in [0, 0.1) is 0 Å². The lowest BCUT2D eigenvalue weighted by molar-refractivity contribution is 0.0978. The van der Waals surface area contributed by atoms with Gasteiger partial charge in [0, 0.05) is 33.4 Å². The van der Waals surface area contributed by atoms with E-state index in [-0.39, 0.29) is 22.3 Å². The predicted molar refractivity (Wildman–Crippen MR) is 145 cm³/mol. The molecule has 5 N–H and O–H groups in total. The van der Waals surface area contributed by atoms with Crippen LogP contribution in [-0.2, 0) is 20.2 Å². The molecule has 0 radical (unpaired) electrons. The Bertz CT molecular complexity index is 2080. The summed E-state index contributed by atoms with van der Waals surface area (Å²) in [4.78, 5) is 52.7. The molecular formula is C28H15N2O10S2-. The van der Waals surface area contributed by atoms with Crippen molar-refractivity contribution in [3.63, 3.8) is 0 Å². The van der Waals surface area contributed by atoms with Crippen LogP contribution in [0.3, 0.4) is 0 Å². The Morgan fingerprint density at radius 1 is 0.524 bits per heavy atom. The summed E-state index contributed by atoms with van der Waals surface area (Å²) in [6.45, 7) is 0. The summed E-state index contributed by atoms with van der Waals surface area (Å²) in [5, 5.41) is 0. The molecular weight excluding hydrogens is 588 g/mol. The fraction of sp³-hybridized carbons (Fsp3) is 0. The Labute approximate surface area is 237 Å². The molecule has 14 heteroatoms. The van der Waals surface area contributed by atoms with Crippen molar-refractivity contribution in [2.75, 3.05) is 11.5 Å². The van der Waals surface area contributed by atoms with E-state index >= 15 is 0 Å². The van der Waals surface area contributed by atoms with Crippen LogP contribution in [0.2, 0.25) is 0 Å². The molecule has 0 aromatic heterocycles. The molecule has 0 spiro atoms. The second-order valence-corrected chi connectivity index (χ2v) is 12.2. The van der Waals surface area contributed by atoms with Gasteiger partial charge in [-0.2, -0.15) is 8.42 Å². The first-order chi connectivity index (χ1) is 19.6. The zero-order valence-electron chi connectivity index (χ0n) is 20.9. The van der Waals surface area contributed by atoms with Crippen molar-refractivity contribution < 1.29 is 45.1 Å². The van der Waals surface area contributed by atoms with Gasteiger partial charge in [0.1, 0.15) is 15.0 Å². The third kappa shape index (κ3) is 3.66. The van der Waals surface area contributed by atoms with Gasteiger partial charge < -0.3 is 16.0 Å². The SMILES string of the molecule is Nc1c(S(=O)(=O)[O-])cc(-c2cc(S(=O)(=O)O)c(N)c3c2C(=O)c2ccccc2C3=O)c2c1C(=O)c1ccccc1C2=O. The zero-order chi connectivity index (χ0) is 30.5. The van der Waals surface area contributed by atoms with Gasteiger partial charge in [-0.25, -0.2) is 8.42 Å². The number of nitrogen functional groups attached to an aromatic ring is 2. The minimum absolute atomic E-state index is 0.121. The number of rotatable bonds is 3. The molecule has 0 aliphatic heterocycles. The first-order valence-electron chi connectivity index (χ1n) is 11.9. The second-order valence-electron chi connectivity index (χ2n) is 9.51. The summed E-state index contributed by atoms with van der Waals surface area (Å²) in [5.74, 6) is -3.56. The highest BCUT2D eigenvalue weighted by Gasteiger charge is 2.40. The van der Waals surface area contributed by atoms with Crippen molar-refractivity contribution in [2.24, 2.45) is 0 Å². The Kier molecular flexibility index (Phi) is 5.65. The highest BCUT2D eigenvalue weighted by atomic mass is 32.2. The largest absolute Gasteiger partial charge is 0.744 e. The van der Waals surface area contributed by atoms with Crippen molar-refractivity contribution in [1.82, 2.24) is 0 Å². The number of fused-ring (bicyclic) bond motifs is 4. The van der Waals surface area contributed by atoms with Crippen LogP contribution in [-0.4, -0.2) is 49.1 Å². The van der Waals surface area contributed by atoms with Crippen molar-refractivity contribution in [2.45, 2.75) is 9.79 Å².